The first-order valence-electron chi connectivity index (χ1n) is 2.04. The van der Waals surface area contributed by atoms with Gasteiger partial charge in [-0.25, -0.2) is 0 Å². The number of hydrogen-bond acceptors (Lipinski definition) is 0. The van der Waals surface area contributed by atoms with E-state index in [-0.39, 0.29) is 5.92 Å². The first-order valence-corrected chi connectivity index (χ1v) is 2.04. The molecule has 0 aliphatic heterocycles. The highest BCUT2D eigenvalue weighted by molar-refractivity contribution is 6.11. The first-order chi connectivity index (χ1) is 2.64. The summed E-state index contributed by atoms with van der Waals surface area (Å²) in [7, 11) is 4.77. The number of rotatable bonds is 1. The Kier molecular flexibility index (Phi) is 2.22. The molecule has 1 unspecified atom stereocenters. The van der Waals surface area contributed by atoms with Crippen molar-refractivity contribution in [3.05, 3.63) is 0 Å². The van der Waals surface area contributed by atoms with Crippen molar-refractivity contribution in [2.45, 2.75) is 19.9 Å². The molecule has 0 fully saturated rings. The molecule has 0 amide bonds. The Hall–Kier alpha value is -0.00506. The molecule has 0 aromatic rings. The van der Waals surface area contributed by atoms with Crippen LogP contribution in [-0.4, -0.2) is 13.9 Å². The van der Waals surface area contributed by atoms with Gasteiger partial charge in [0, 0.05) is 0 Å². The molecule has 0 aliphatic carbocycles. The fourth-order valence-electron chi connectivity index (χ4n) is 0. The zero-order valence-electron chi connectivity index (χ0n) is 4.11. The minimum absolute atomic E-state index is 0.0370. The van der Waals surface area contributed by atoms with Crippen molar-refractivity contribution >= 4 is 7.85 Å². The van der Waals surface area contributed by atoms with Crippen LogP contribution in [0.2, 0.25) is 0 Å². The van der Waals surface area contributed by atoms with Crippen LogP contribution in [0.1, 0.15) is 13.8 Å². The Morgan fingerprint density at radius 1 is 1.50 bits per heavy atom. The van der Waals surface area contributed by atoms with Gasteiger partial charge in [-0.05, 0) is 5.92 Å². The van der Waals surface area contributed by atoms with Gasteiger partial charge >= 0.3 is 0 Å². The average molecular weight is 85.9 g/mol. The summed E-state index contributed by atoms with van der Waals surface area (Å²) >= 11 is 0. The third-order valence-electron chi connectivity index (χ3n) is 0.637. The molecule has 2 heteroatoms. The van der Waals surface area contributed by atoms with E-state index in [0.29, 0.717) is 0 Å². The lowest BCUT2D eigenvalue weighted by Crippen LogP contribution is -2.06. The van der Waals surface area contributed by atoms with Gasteiger partial charge in [-0.2, -0.15) is 0 Å². The number of alkyl halides is 1. The zero-order chi connectivity index (χ0) is 5.15. The molecule has 1 atom stereocenters. The predicted octanol–water partition coefficient (Wildman–Crippen LogP) is 1.11. The molecule has 34 valence electrons. The van der Waals surface area contributed by atoms with Crippen molar-refractivity contribution < 1.29 is 4.39 Å². The van der Waals surface area contributed by atoms with Crippen LogP contribution in [0.3, 0.4) is 0 Å². The summed E-state index contributed by atoms with van der Waals surface area (Å²) in [6.07, 6.45) is -1.15. The van der Waals surface area contributed by atoms with E-state index in [1.807, 2.05) is 0 Å². The second kappa shape index (κ2) is 2.22. The second-order valence-electron chi connectivity index (χ2n) is 1.69. The Morgan fingerprint density at radius 2 is 1.67 bits per heavy atom. The lowest BCUT2D eigenvalue weighted by molar-refractivity contribution is 0.353. The summed E-state index contributed by atoms with van der Waals surface area (Å²) < 4.78 is 11.6. The molecule has 0 aromatic carbocycles. The topological polar surface area (TPSA) is 0 Å². The van der Waals surface area contributed by atoms with Crippen molar-refractivity contribution in [2.24, 2.45) is 5.92 Å². The van der Waals surface area contributed by atoms with Crippen molar-refractivity contribution in [1.82, 2.24) is 0 Å². The zero-order valence-corrected chi connectivity index (χ0v) is 4.11. The standard InChI is InChI=1S/C4H8BF/c1-3(2)4(5)6/h3-4H,1-2H3. The summed E-state index contributed by atoms with van der Waals surface area (Å²) in [5.41, 5.74) is 0. The van der Waals surface area contributed by atoms with Crippen molar-refractivity contribution in [3.63, 3.8) is 0 Å². The lowest BCUT2D eigenvalue weighted by atomic mass is 9.91. The fraction of sp³-hybridized carbons (Fsp3) is 1.00. The summed E-state index contributed by atoms with van der Waals surface area (Å²) in [5, 5.41) is 0. The molecule has 6 heavy (non-hydrogen) atoms. The highest BCUT2D eigenvalue weighted by Gasteiger charge is 2.00. The highest BCUT2D eigenvalue weighted by atomic mass is 19.1. The van der Waals surface area contributed by atoms with Gasteiger partial charge < -0.3 is 0 Å². The van der Waals surface area contributed by atoms with Crippen LogP contribution in [0, 0.1) is 5.92 Å². The lowest BCUT2D eigenvalue weighted by Gasteiger charge is -2.01. The van der Waals surface area contributed by atoms with Crippen molar-refractivity contribution in [3.8, 4) is 0 Å². The van der Waals surface area contributed by atoms with E-state index in [4.69, 9.17) is 7.85 Å². The van der Waals surface area contributed by atoms with Gasteiger partial charge in [-0.1, -0.05) is 13.8 Å². The highest BCUT2D eigenvalue weighted by Crippen LogP contribution is 1.98. The molecular formula is C4H8BF. The van der Waals surface area contributed by atoms with Gasteiger partial charge in [-0.3, -0.25) is 4.39 Å². The maximum atomic E-state index is 11.6. The van der Waals surface area contributed by atoms with E-state index in [2.05, 4.69) is 0 Å². The number of halogens is 1. The molecule has 0 spiro atoms. The van der Waals surface area contributed by atoms with E-state index < -0.39 is 6.07 Å². The van der Waals surface area contributed by atoms with Crippen LogP contribution >= 0.6 is 0 Å². The number of hydrogen-bond donors (Lipinski definition) is 0. The molecule has 0 aliphatic rings. The van der Waals surface area contributed by atoms with Crippen LogP contribution in [0.5, 0.6) is 0 Å². The van der Waals surface area contributed by atoms with Gasteiger partial charge in [0.25, 0.3) is 0 Å². The van der Waals surface area contributed by atoms with Gasteiger partial charge in [0.2, 0.25) is 0 Å². The molecule has 0 bridgehead atoms. The van der Waals surface area contributed by atoms with Crippen LogP contribution in [0.15, 0.2) is 0 Å². The maximum absolute atomic E-state index is 11.6. The normalized spacial score (nSPS) is 15.3. The van der Waals surface area contributed by atoms with Crippen LogP contribution in [0.25, 0.3) is 0 Å². The molecule has 0 N–H and O–H groups in total. The summed E-state index contributed by atoms with van der Waals surface area (Å²) in [4.78, 5) is 0. The average Bonchev–Trinajstić information content (AvgIpc) is 1.36. The van der Waals surface area contributed by atoms with Crippen LogP contribution in [-0.2, 0) is 0 Å². The van der Waals surface area contributed by atoms with Gasteiger partial charge in [-0.15, -0.1) is 0 Å². The smallest absolute Gasteiger partial charge is 0.116 e. The van der Waals surface area contributed by atoms with E-state index in [1.165, 1.54) is 0 Å². The summed E-state index contributed by atoms with van der Waals surface area (Å²) in [6, 6.07) is 0. The monoisotopic (exact) mass is 86.1 g/mol. The van der Waals surface area contributed by atoms with E-state index in [0.717, 1.165) is 0 Å². The molecule has 0 rings (SSSR count). The molecule has 0 saturated carbocycles. The SMILES string of the molecule is [B]C(F)C(C)C. The van der Waals surface area contributed by atoms with Crippen LogP contribution < -0.4 is 0 Å². The van der Waals surface area contributed by atoms with Crippen molar-refractivity contribution in [2.75, 3.05) is 0 Å². The Balaban J connectivity index is 2.99. The molecule has 0 heterocycles. The van der Waals surface area contributed by atoms with E-state index in [1.54, 1.807) is 13.8 Å². The maximum Gasteiger partial charge on any atom is 0.116 e. The molecule has 0 saturated heterocycles. The van der Waals surface area contributed by atoms with Gasteiger partial charge in [0.15, 0.2) is 0 Å². The second-order valence-corrected chi connectivity index (χ2v) is 1.69. The van der Waals surface area contributed by atoms with Crippen LogP contribution in [0.4, 0.5) is 4.39 Å². The molecule has 2 radical (unpaired) electrons. The largest absolute Gasteiger partial charge is 0.258 e. The quantitative estimate of drug-likeness (QED) is 0.419. The minimum Gasteiger partial charge on any atom is -0.258 e. The van der Waals surface area contributed by atoms with Gasteiger partial charge in [0.05, 0.1) is 6.07 Å². The van der Waals surface area contributed by atoms with Crippen molar-refractivity contribution in [1.29, 1.82) is 0 Å². The molecule has 0 aromatic heterocycles. The third-order valence-corrected chi connectivity index (χ3v) is 0.637. The summed E-state index contributed by atoms with van der Waals surface area (Å²) in [5.74, 6) is -0.0370. The van der Waals surface area contributed by atoms with E-state index >= 15 is 0 Å². The first kappa shape index (κ1) is 5.99. The minimum atomic E-state index is -1.15. The Labute approximate surface area is 39.2 Å². The molecule has 0 nitrogen and oxygen atoms in total. The van der Waals surface area contributed by atoms with Gasteiger partial charge in [0.1, 0.15) is 7.85 Å². The predicted molar refractivity (Wildman–Crippen MR) is 25.5 cm³/mol. The Morgan fingerprint density at radius 3 is 1.67 bits per heavy atom. The Bertz CT molecular complexity index is 28.5. The fourth-order valence-corrected chi connectivity index (χ4v) is 0. The van der Waals surface area contributed by atoms with E-state index in [9.17, 15) is 4.39 Å². The summed E-state index contributed by atoms with van der Waals surface area (Å²) in [6.45, 7) is 3.48. The molecular weight excluding hydrogens is 77.9 g/mol. The third kappa shape index (κ3) is 2.25.